The Balaban J connectivity index is -0.0000000654. The van der Waals surface area contributed by atoms with E-state index in [1.165, 1.54) is 0 Å². The first-order valence-corrected chi connectivity index (χ1v) is 4.16. The van der Waals surface area contributed by atoms with E-state index in [4.69, 9.17) is 10.2 Å². The Morgan fingerprint density at radius 3 is 1.40 bits per heavy atom. The topological polar surface area (TPSA) is 97.7 Å². The average molecular weight is 231 g/mol. The molecular weight excluding hydrogens is 212 g/mol. The minimum Gasteiger partial charge on any atom is -0.852 e. The normalized spacial score (nSPS) is 7.33. The van der Waals surface area contributed by atoms with Gasteiger partial charge in [0.1, 0.15) is 6.42 Å². The molecular formula is C9H18MgO5. The average Bonchev–Trinajstić information content (AvgIpc) is 1.82. The van der Waals surface area contributed by atoms with E-state index >= 15 is 0 Å². The fourth-order valence-electron chi connectivity index (χ4n) is 0.129. The van der Waals surface area contributed by atoms with Crippen LogP contribution in [0.3, 0.4) is 0 Å². The molecule has 5 nitrogen and oxygen atoms in total. The molecule has 0 saturated heterocycles. The molecule has 2 N–H and O–H groups in total. The number of carboxylic acid groups (broad SMARTS) is 2. The molecule has 0 unspecified atom stereocenters. The summed E-state index contributed by atoms with van der Waals surface area (Å²) >= 11 is 0. The Hall–Kier alpha value is -0.334. The first kappa shape index (κ1) is 24.1. The van der Waals surface area contributed by atoms with Crippen molar-refractivity contribution in [2.75, 3.05) is 0 Å². The van der Waals surface area contributed by atoms with Gasteiger partial charge in [-0.1, -0.05) is 20.8 Å². The van der Waals surface area contributed by atoms with Crippen LogP contribution in [0.25, 0.3) is 0 Å². The van der Waals surface area contributed by atoms with Gasteiger partial charge in [0.05, 0.1) is 0 Å². The second-order valence-electron chi connectivity index (χ2n) is 2.51. The largest absolute Gasteiger partial charge is 2.00 e. The van der Waals surface area contributed by atoms with Crippen molar-refractivity contribution in [1.82, 2.24) is 0 Å². The van der Waals surface area contributed by atoms with Crippen molar-refractivity contribution in [2.24, 2.45) is 0 Å². The van der Waals surface area contributed by atoms with Crippen molar-refractivity contribution in [3.63, 3.8) is 0 Å². The van der Waals surface area contributed by atoms with Crippen LogP contribution in [0.1, 0.15) is 33.6 Å². The molecule has 0 heterocycles. The molecule has 0 radical (unpaired) electrons. The zero-order valence-corrected chi connectivity index (χ0v) is 10.9. The van der Waals surface area contributed by atoms with E-state index in [-0.39, 0.29) is 23.1 Å². The number of carboxylic acids is 2. The van der Waals surface area contributed by atoms with Gasteiger partial charge in [0.2, 0.25) is 0 Å². The predicted octanol–water partition coefficient (Wildman–Crippen LogP) is 0.150. The van der Waals surface area contributed by atoms with Crippen LogP contribution >= 0.6 is 0 Å². The summed E-state index contributed by atoms with van der Waals surface area (Å²) in [6.45, 7) is 8.72. The smallest absolute Gasteiger partial charge is 0.852 e. The molecule has 0 amide bonds. The first-order valence-electron chi connectivity index (χ1n) is 4.16. The standard InChI is InChI=1S/C3H4O4.C3H7O.C3H7.Mg/c4-2(5)1-3(6)7;1-3(2)4;1-3-2;/h1H2,(H,4,5)(H,6,7);3H,1-2H3;1,3H2,2H3;/q;2*-1;+2. The third-order valence-corrected chi connectivity index (χ3v) is 0.302. The van der Waals surface area contributed by atoms with Gasteiger partial charge in [-0.3, -0.25) is 9.59 Å². The van der Waals surface area contributed by atoms with E-state index in [0.29, 0.717) is 0 Å². The third-order valence-electron chi connectivity index (χ3n) is 0.302. The Morgan fingerprint density at radius 1 is 1.27 bits per heavy atom. The molecule has 0 fully saturated rings. The van der Waals surface area contributed by atoms with E-state index in [1.54, 1.807) is 13.8 Å². The van der Waals surface area contributed by atoms with Gasteiger partial charge in [-0.25, -0.2) is 0 Å². The molecule has 0 spiro atoms. The Bertz CT molecular complexity index is 133. The molecule has 6 heteroatoms. The first-order chi connectivity index (χ1) is 6.27. The van der Waals surface area contributed by atoms with Crippen molar-refractivity contribution >= 4 is 35.0 Å². The maximum absolute atomic E-state index is 9.53. The van der Waals surface area contributed by atoms with Gasteiger partial charge in [-0.05, 0) is 0 Å². The molecule has 0 rings (SSSR count). The van der Waals surface area contributed by atoms with E-state index in [1.807, 2.05) is 6.92 Å². The molecule has 86 valence electrons. The molecule has 0 aliphatic rings. The molecule has 15 heavy (non-hydrogen) atoms. The van der Waals surface area contributed by atoms with E-state index < -0.39 is 24.5 Å². The van der Waals surface area contributed by atoms with E-state index in [0.717, 1.165) is 6.42 Å². The van der Waals surface area contributed by atoms with Crippen molar-refractivity contribution in [3.05, 3.63) is 6.92 Å². The van der Waals surface area contributed by atoms with Crippen LogP contribution in [0.15, 0.2) is 0 Å². The number of hydrogen-bond donors (Lipinski definition) is 2. The summed E-state index contributed by atoms with van der Waals surface area (Å²) in [5.74, 6) is -2.62. The maximum atomic E-state index is 9.53. The summed E-state index contributed by atoms with van der Waals surface area (Å²) in [5, 5.41) is 24.9. The second kappa shape index (κ2) is 19.3. The molecule has 0 bridgehead atoms. The van der Waals surface area contributed by atoms with Gasteiger partial charge in [0.25, 0.3) is 0 Å². The van der Waals surface area contributed by atoms with Gasteiger partial charge < -0.3 is 22.2 Å². The molecule has 0 aromatic heterocycles. The summed E-state index contributed by atoms with van der Waals surface area (Å²) in [6, 6.07) is 0. The number of aliphatic carboxylic acids is 2. The predicted molar refractivity (Wildman–Crippen MR) is 56.4 cm³/mol. The zero-order valence-electron chi connectivity index (χ0n) is 9.52. The van der Waals surface area contributed by atoms with Crippen LogP contribution in [0.4, 0.5) is 0 Å². The second-order valence-corrected chi connectivity index (χ2v) is 2.51. The van der Waals surface area contributed by atoms with Crippen LogP contribution in [0, 0.1) is 6.92 Å². The number of hydrogen-bond acceptors (Lipinski definition) is 3. The third kappa shape index (κ3) is 138. The quantitative estimate of drug-likeness (QED) is 0.400. The van der Waals surface area contributed by atoms with E-state index in [2.05, 4.69) is 6.92 Å². The maximum Gasteiger partial charge on any atom is 2.00 e. The minimum absolute atomic E-state index is 0. The van der Waals surface area contributed by atoms with Crippen LogP contribution in [-0.2, 0) is 9.59 Å². The van der Waals surface area contributed by atoms with Crippen molar-refractivity contribution in [1.29, 1.82) is 0 Å². The van der Waals surface area contributed by atoms with Gasteiger partial charge in [-0.2, -0.15) is 6.42 Å². The van der Waals surface area contributed by atoms with Gasteiger partial charge in [0.15, 0.2) is 0 Å². The van der Waals surface area contributed by atoms with Crippen molar-refractivity contribution in [2.45, 2.75) is 39.7 Å². The Morgan fingerprint density at radius 2 is 1.40 bits per heavy atom. The molecule has 0 aromatic rings. The van der Waals surface area contributed by atoms with Gasteiger partial charge >= 0.3 is 35.0 Å². The Kier molecular flexibility index (Phi) is 30.9. The van der Waals surface area contributed by atoms with Crippen LogP contribution in [0.2, 0.25) is 0 Å². The SMILES string of the molecule is CC(C)[O-].O=C(O)CC(=O)O.[CH2-]CC.[Mg+2]. The fraction of sp³-hybridized carbons (Fsp3) is 0.667. The fourth-order valence-corrected chi connectivity index (χ4v) is 0.129. The van der Waals surface area contributed by atoms with Crippen LogP contribution in [0.5, 0.6) is 0 Å². The summed E-state index contributed by atoms with van der Waals surface area (Å²) in [7, 11) is 0. The summed E-state index contributed by atoms with van der Waals surface area (Å²) in [6.07, 6.45) is -0.222. The number of carbonyl (C=O) groups is 2. The van der Waals surface area contributed by atoms with Crippen molar-refractivity contribution in [3.8, 4) is 0 Å². The van der Waals surface area contributed by atoms with Crippen molar-refractivity contribution < 1.29 is 24.9 Å². The minimum atomic E-state index is -1.31. The Labute approximate surface area is 107 Å². The molecule has 0 aromatic carbocycles. The van der Waals surface area contributed by atoms with Gasteiger partial charge in [-0.15, -0.1) is 6.10 Å². The summed E-state index contributed by atoms with van der Waals surface area (Å²) in [4.78, 5) is 18.9. The zero-order chi connectivity index (χ0) is 12.1. The summed E-state index contributed by atoms with van der Waals surface area (Å²) in [5.41, 5.74) is 0. The molecule has 0 saturated carbocycles. The molecule has 0 aliphatic heterocycles. The van der Waals surface area contributed by atoms with Crippen LogP contribution < -0.4 is 5.11 Å². The molecule has 0 aliphatic carbocycles. The van der Waals surface area contributed by atoms with E-state index in [9.17, 15) is 14.7 Å². The molecule has 0 atom stereocenters. The summed E-state index contributed by atoms with van der Waals surface area (Å²) < 4.78 is 0. The van der Waals surface area contributed by atoms with Gasteiger partial charge in [0, 0.05) is 0 Å². The van der Waals surface area contributed by atoms with Crippen LogP contribution in [-0.4, -0.2) is 51.3 Å². The number of rotatable bonds is 2. The monoisotopic (exact) mass is 230 g/mol.